The van der Waals surface area contributed by atoms with Gasteiger partial charge in [0.2, 0.25) is 0 Å². The van der Waals surface area contributed by atoms with Crippen LogP contribution in [0.3, 0.4) is 0 Å². The van der Waals surface area contributed by atoms with Crippen LogP contribution in [0, 0.1) is 0 Å². The first-order chi connectivity index (χ1) is 11.5. The Bertz CT molecular complexity index is 837. The van der Waals surface area contributed by atoms with Gasteiger partial charge in [0, 0.05) is 21.8 Å². The third kappa shape index (κ3) is 3.19. The summed E-state index contributed by atoms with van der Waals surface area (Å²) in [6.45, 7) is -2.95. The normalized spacial score (nSPS) is 14.7. The molecule has 1 aliphatic rings. The first-order valence-electron chi connectivity index (χ1n) is 6.94. The average Bonchev–Trinajstić information content (AvgIpc) is 2.84. The van der Waals surface area contributed by atoms with E-state index in [9.17, 15) is 13.6 Å². The predicted octanol–water partition coefficient (Wildman–Crippen LogP) is 4.44. The Morgan fingerprint density at radius 1 is 1.17 bits per heavy atom. The molecule has 2 aromatic carbocycles. The highest BCUT2D eigenvalue weighted by atomic mass is 35.5. The van der Waals surface area contributed by atoms with E-state index in [4.69, 9.17) is 16.3 Å². The summed E-state index contributed by atoms with van der Waals surface area (Å²) in [5.41, 5.74) is 2.38. The van der Waals surface area contributed by atoms with Crippen LogP contribution in [0.2, 0.25) is 5.02 Å². The smallest absolute Gasteiger partial charge is 0.387 e. The lowest BCUT2D eigenvalue weighted by Gasteiger charge is -2.10. The van der Waals surface area contributed by atoms with Gasteiger partial charge in [-0.05, 0) is 42.0 Å². The van der Waals surface area contributed by atoms with Crippen molar-refractivity contribution >= 4 is 34.8 Å². The Kier molecular flexibility index (Phi) is 4.40. The van der Waals surface area contributed by atoms with Gasteiger partial charge in [-0.2, -0.15) is 8.78 Å². The molecule has 0 unspecified atom stereocenters. The highest BCUT2D eigenvalue weighted by molar-refractivity contribution is 6.36. The van der Waals surface area contributed by atoms with Gasteiger partial charge < -0.3 is 14.8 Å². The third-order valence-corrected chi connectivity index (χ3v) is 3.71. The third-order valence-electron chi connectivity index (χ3n) is 3.48. The maximum absolute atomic E-state index is 12.4. The molecule has 1 amide bonds. The predicted molar refractivity (Wildman–Crippen MR) is 87.6 cm³/mol. The average molecular weight is 352 g/mol. The van der Waals surface area contributed by atoms with Crippen LogP contribution in [0.4, 0.5) is 14.5 Å². The van der Waals surface area contributed by atoms with Gasteiger partial charge in [0.25, 0.3) is 5.91 Å². The van der Waals surface area contributed by atoms with Gasteiger partial charge in [0.05, 0.1) is 7.11 Å². The van der Waals surface area contributed by atoms with Crippen LogP contribution in [0.5, 0.6) is 11.5 Å². The summed E-state index contributed by atoms with van der Waals surface area (Å²) in [6, 6.07) is 9.53. The van der Waals surface area contributed by atoms with Gasteiger partial charge in [-0.3, -0.25) is 4.79 Å². The van der Waals surface area contributed by atoms with Gasteiger partial charge in [-0.15, -0.1) is 0 Å². The summed E-state index contributed by atoms with van der Waals surface area (Å²) in [5.74, 6) is -0.192. The van der Waals surface area contributed by atoms with E-state index in [0.717, 1.165) is 0 Å². The number of rotatable bonds is 4. The number of hydrogen-bond acceptors (Lipinski definition) is 3. The summed E-state index contributed by atoms with van der Waals surface area (Å²) < 4.78 is 34.2. The second kappa shape index (κ2) is 6.49. The maximum Gasteiger partial charge on any atom is 0.387 e. The first kappa shape index (κ1) is 16.3. The van der Waals surface area contributed by atoms with Crippen molar-refractivity contribution in [1.82, 2.24) is 0 Å². The van der Waals surface area contributed by atoms with Crippen LogP contribution in [0.25, 0.3) is 11.6 Å². The largest absolute Gasteiger partial charge is 0.493 e. The molecule has 7 heteroatoms. The number of ether oxygens (including phenoxy) is 2. The van der Waals surface area contributed by atoms with E-state index in [1.807, 2.05) is 0 Å². The highest BCUT2D eigenvalue weighted by Gasteiger charge is 2.24. The SMILES string of the molecule is COc1cc(C=C2C(=O)Nc3ccc(Cl)cc32)ccc1OC(F)F. The van der Waals surface area contributed by atoms with Crippen LogP contribution in [-0.2, 0) is 4.79 Å². The van der Waals surface area contributed by atoms with Crippen molar-refractivity contribution in [3.05, 3.63) is 52.5 Å². The minimum atomic E-state index is -2.95. The molecule has 0 saturated carbocycles. The van der Waals surface area contributed by atoms with Gasteiger partial charge in [0.15, 0.2) is 11.5 Å². The van der Waals surface area contributed by atoms with E-state index < -0.39 is 6.61 Å². The van der Waals surface area contributed by atoms with Crippen LogP contribution in [-0.4, -0.2) is 19.6 Å². The molecule has 1 N–H and O–H groups in total. The Labute approximate surface area is 141 Å². The quantitative estimate of drug-likeness (QED) is 0.828. The van der Waals surface area contributed by atoms with Crippen molar-refractivity contribution in [2.24, 2.45) is 0 Å². The zero-order valence-electron chi connectivity index (χ0n) is 12.5. The van der Waals surface area contributed by atoms with Gasteiger partial charge in [-0.1, -0.05) is 17.7 Å². The minimum absolute atomic E-state index is 0.0750. The van der Waals surface area contributed by atoms with E-state index in [-0.39, 0.29) is 17.4 Å². The van der Waals surface area contributed by atoms with Crippen molar-refractivity contribution in [3.8, 4) is 11.5 Å². The molecule has 0 atom stereocenters. The van der Waals surface area contributed by atoms with Gasteiger partial charge in [-0.25, -0.2) is 0 Å². The zero-order chi connectivity index (χ0) is 17.3. The molecule has 24 heavy (non-hydrogen) atoms. The molecular formula is C17H12ClF2NO3. The number of amides is 1. The Morgan fingerprint density at radius 3 is 2.67 bits per heavy atom. The second-order valence-electron chi connectivity index (χ2n) is 4.99. The summed E-state index contributed by atoms with van der Waals surface area (Å²) in [4.78, 5) is 12.1. The lowest BCUT2D eigenvalue weighted by Crippen LogP contribution is -2.04. The molecule has 4 nitrogen and oxygen atoms in total. The van der Waals surface area contributed by atoms with Crippen molar-refractivity contribution < 1.29 is 23.0 Å². The second-order valence-corrected chi connectivity index (χ2v) is 5.43. The molecule has 0 bridgehead atoms. The standard InChI is InChI=1S/C17H12ClF2NO3/c1-23-15-7-9(2-5-14(15)24-17(19)20)6-12-11-8-10(18)3-4-13(11)21-16(12)22/h2-8,17H,1H3,(H,21,22). The number of carbonyl (C=O) groups excluding carboxylic acids is 1. The van der Waals surface area contributed by atoms with Crippen LogP contribution in [0.1, 0.15) is 11.1 Å². The van der Waals surface area contributed by atoms with Crippen LogP contribution >= 0.6 is 11.6 Å². The summed E-state index contributed by atoms with van der Waals surface area (Å²) in [5, 5.41) is 3.25. The fourth-order valence-corrected chi connectivity index (χ4v) is 2.61. The highest BCUT2D eigenvalue weighted by Crippen LogP contribution is 2.36. The first-order valence-corrected chi connectivity index (χ1v) is 7.31. The number of nitrogens with one attached hydrogen (secondary N) is 1. The molecule has 0 spiro atoms. The zero-order valence-corrected chi connectivity index (χ0v) is 13.2. The molecule has 0 aromatic heterocycles. The van der Waals surface area contributed by atoms with Gasteiger partial charge >= 0.3 is 6.61 Å². The fraction of sp³-hybridized carbons (Fsp3) is 0.118. The Morgan fingerprint density at radius 2 is 1.96 bits per heavy atom. The van der Waals surface area contributed by atoms with Crippen LogP contribution < -0.4 is 14.8 Å². The Hall–Kier alpha value is -2.60. The van der Waals surface area contributed by atoms with Crippen LogP contribution in [0.15, 0.2) is 36.4 Å². The lowest BCUT2D eigenvalue weighted by molar-refractivity contribution is -0.110. The van der Waals surface area contributed by atoms with E-state index >= 15 is 0 Å². The number of halogens is 3. The van der Waals surface area contributed by atoms with Crippen molar-refractivity contribution in [3.63, 3.8) is 0 Å². The lowest BCUT2D eigenvalue weighted by atomic mass is 10.0. The molecule has 0 radical (unpaired) electrons. The van der Waals surface area contributed by atoms with E-state index in [2.05, 4.69) is 10.1 Å². The number of fused-ring (bicyclic) bond motifs is 1. The molecule has 0 saturated heterocycles. The molecule has 1 heterocycles. The van der Waals surface area contributed by atoms with E-state index in [1.54, 1.807) is 30.3 Å². The summed E-state index contributed by atoms with van der Waals surface area (Å²) in [6.07, 6.45) is 1.63. The van der Waals surface area contributed by atoms with Gasteiger partial charge in [0.1, 0.15) is 0 Å². The van der Waals surface area contributed by atoms with Crippen molar-refractivity contribution in [1.29, 1.82) is 0 Å². The number of methoxy groups -OCH3 is 1. The Balaban J connectivity index is 2.00. The number of alkyl halides is 2. The summed E-state index contributed by atoms with van der Waals surface area (Å²) >= 11 is 5.98. The van der Waals surface area contributed by atoms with E-state index in [0.29, 0.717) is 27.4 Å². The maximum atomic E-state index is 12.4. The molecule has 124 valence electrons. The molecule has 0 aliphatic carbocycles. The number of benzene rings is 2. The molecule has 2 aromatic rings. The topological polar surface area (TPSA) is 47.6 Å². The molecular weight excluding hydrogens is 340 g/mol. The minimum Gasteiger partial charge on any atom is -0.493 e. The van der Waals surface area contributed by atoms with Crippen molar-refractivity contribution in [2.45, 2.75) is 6.61 Å². The summed E-state index contributed by atoms with van der Waals surface area (Å²) in [7, 11) is 1.35. The number of hydrogen-bond donors (Lipinski definition) is 1. The molecule has 3 rings (SSSR count). The van der Waals surface area contributed by atoms with E-state index in [1.165, 1.54) is 19.2 Å². The van der Waals surface area contributed by atoms with Crippen molar-refractivity contribution in [2.75, 3.05) is 12.4 Å². The number of carbonyl (C=O) groups is 1. The molecule has 0 fully saturated rings. The monoisotopic (exact) mass is 351 g/mol. The number of anilines is 1. The fourth-order valence-electron chi connectivity index (χ4n) is 2.44. The molecule has 1 aliphatic heterocycles.